The van der Waals surface area contributed by atoms with Gasteiger partial charge < -0.3 is 25.8 Å². The maximum atomic E-state index is 5.60. The fourth-order valence-electron chi connectivity index (χ4n) is 3.39. The Bertz CT molecular complexity index is 475. The molecule has 7 heteroatoms. The Kier molecular flexibility index (Phi) is 6.09. The zero-order valence-electron chi connectivity index (χ0n) is 14.9. The average molecular weight is 333 g/mol. The Labute approximate surface area is 145 Å². The third-order valence-corrected chi connectivity index (χ3v) is 4.83. The van der Waals surface area contributed by atoms with Crippen molar-refractivity contribution >= 4 is 17.6 Å². The minimum absolute atomic E-state index is 0.697. The second kappa shape index (κ2) is 8.48. The molecule has 1 aromatic rings. The third kappa shape index (κ3) is 4.48. The van der Waals surface area contributed by atoms with Crippen molar-refractivity contribution in [3.63, 3.8) is 0 Å². The minimum atomic E-state index is 0.697. The molecule has 0 aromatic carbocycles. The Morgan fingerprint density at radius 2 is 1.71 bits per heavy atom. The molecule has 134 valence electrons. The summed E-state index contributed by atoms with van der Waals surface area (Å²) in [6.07, 6.45) is 5.00. The standard InChI is InChI=1S/C17H31N7/c1-22(12-6-18)13-7-19-15-14-16(23-8-2-3-9-23)21-17(20-15)24-10-4-5-11-24/h14H,2-13,18H2,1H3,(H,19,20,21). The Morgan fingerprint density at radius 1 is 1.04 bits per heavy atom. The van der Waals surface area contributed by atoms with Gasteiger partial charge in [-0.25, -0.2) is 0 Å². The van der Waals surface area contributed by atoms with Crippen LogP contribution >= 0.6 is 0 Å². The molecule has 0 amide bonds. The predicted molar refractivity (Wildman–Crippen MR) is 100.0 cm³/mol. The van der Waals surface area contributed by atoms with Crippen molar-refractivity contribution in [2.75, 3.05) is 74.5 Å². The molecular weight excluding hydrogens is 302 g/mol. The van der Waals surface area contributed by atoms with Crippen LogP contribution < -0.4 is 20.9 Å². The van der Waals surface area contributed by atoms with E-state index in [2.05, 4.69) is 33.1 Å². The van der Waals surface area contributed by atoms with E-state index in [-0.39, 0.29) is 0 Å². The SMILES string of the molecule is CN(CCN)CCNc1cc(N2CCCC2)nc(N2CCCC2)n1. The zero-order valence-corrected chi connectivity index (χ0v) is 14.9. The molecule has 3 heterocycles. The number of nitrogens with two attached hydrogens (primary N) is 1. The van der Waals surface area contributed by atoms with Crippen molar-refractivity contribution in [1.29, 1.82) is 0 Å². The topological polar surface area (TPSA) is 73.6 Å². The van der Waals surface area contributed by atoms with Gasteiger partial charge in [0.05, 0.1) is 0 Å². The molecule has 0 bridgehead atoms. The smallest absolute Gasteiger partial charge is 0.229 e. The summed E-state index contributed by atoms with van der Waals surface area (Å²) in [5.41, 5.74) is 5.60. The first kappa shape index (κ1) is 17.2. The third-order valence-electron chi connectivity index (χ3n) is 4.83. The highest BCUT2D eigenvalue weighted by molar-refractivity contribution is 5.55. The van der Waals surface area contributed by atoms with Crippen LogP contribution in [-0.2, 0) is 0 Å². The normalized spacial score (nSPS) is 18.0. The van der Waals surface area contributed by atoms with E-state index in [1.807, 2.05) is 0 Å². The van der Waals surface area contributed by atoms with Crippen LogP contribution in [0.5, 0.6) is 0 Å². The number of likely N-dealkylation sites (N-methyl/N-ethyl adjacent to an activating group) is 1. The second-order valence-corrected chi connectivity index (χ2v) is 6.82. The van der Waals surface area contributed by atoms with E-state index in [1.54, 1.807) is 0 Å². The number of nitrogens with one attached hydrogen (secondary N) is 1. The molecular formula is C17H31N7. The van der Waals surface area contributed by atoms with Crippen molar-refractivity contribution in [2.24, 2.45) is 5.73 Å². The molecule has 1 aromatic heterocycles. The first-order valence-corrected chi connectivity index (χ1v) is 9.28. The summed E-state index contributed by atoms with van der Waals surface area (Å²) in [6, 6.07) is 2.10. The van der Waals surface area contributed by atoms with Gasteiger partial charge >= 0.3 is 0 Å². The Balaban J connectivity index is 1.69. The van der Waals surface area contributed by atoms with Crippen LogP contribution in [-0.4, -0.2) is 74.3 Å². The van der Waals surface area contributed by atoms with Crippen LogP contribution in [0, 0.1) is 0 Å². The molecule has 7 nitrogen and oxygen atoms in total. The molecule has 0 aliphatic carbocycles. The van der Waals surface area contributed by atoms with Crippen LogP contribution in [0.4, 0.5) is 17.6 Å². The van der Waals surface area contributed by atoms with Crippen molar-refractivity contribution in [2.45, 2.75) is 25.7 Å². The summed E-state index contributed by atoms with van der Waals surface area (Å²) >= 11 is 0. The second-order valence-electron chi connectivity index (χ2n) is 6.82. The van der Waals surface area contributed by atoms with E-state index in [4.69, 9.17) is 15.7 Å². The summed E-state index contributed by atoms with van der Waals surface area (Å²) in [7, 11) is 2.10. The highest BCUT2D eigenvalue weighted by Gasteiger charge is 2.20. The van der Waals surface area contributed by atoms with Crippen molar-refractivity contribution in [3.05, 3.63) is 6.07 Å². The lowest BCUT2D eigenvalue weighted by atomic mass is 10.4. The molecule has 2 fully saturated rings. The lowest BCUT2D eigenvalue weighted by molar-refractivity contribution is 0.357. The first-order valence-electron chi connectivity index (χ1n) is 9.28. The van der Waals surface area contributed by atoms with E-state index >= 15 is 0 Å². The summed E-state index contributed by atoms with van der Waals surface area (Å²) in [4.78, 5) is 16.5. The largest absolute Gasteiger partial charge is 0.369 e. The van der Waals surface area contributed by atoms with Crippen molar-refractivity contribution in [1.82, 2.24) is 14.9 Å². The van der Waals surface area contributed by atoms with E-state index in [0.29, 0.717) is 6.54 Å². The van der Waals surface area contributed by atoms with Crippen molar-refractivity contribution < 1.29 is 0 Å². The van der Waals surface area contributed by atoms with Gasteiger partial charge in [0.2, 0.25) is 5.95 Å². The molecule has 3 N–H and O–H groups in total. The fourth-order valence-corrected chi connectivity index (χ4v) is 3.39. The van der Waals surface area contributed by atoms with Crippen LogP contribution in [0.1, 0.15) is 25.7 Å². The number of nitrogens with zero attached hydrogens (tertiary/aromatic N) is 5. The van der Waals surface area contributed by atoms with E-state index in [1.165, 1.54) is 25.7 Å². The quantitative estimate of drug-likeness (QED) is 0.734. The lowest BCUT2D eigenvalue weighted by Crippen LogP contribution is -2.30. The molecule has 2 aliphatic rings. The average Bonchev–Trinajstić information content (AvgIpc) is 3.29. The molecule has 24 heavy (non-hydrogen) atoms. The molecule has 0 saturated carbocycles. The number of hydrogen-bond acceptors (Lipinski definition) is 7. The van der Waals surface area contributed by atoms with Gasteiger partial charge in [-0.15, -0.1) is 0 Å². The maximum absolute atomic E-state index is 5.60. The van der Waals surface area contributed by atoms with Gasteiger partial charge in [-0.1, -0.05) is 0 Å². The fraction of sp³-hybridized carbons (Fsp3) is 0.765. The predicted octanol–water partition coefficient (Wildman–Crippen LogP) is 0.979. The van der Waals surface area contributed by atoms with Gasteiger partial charge in [0, 0.05) is 58.4 Å². The lowest BCUT2D eigenvalue weighted by Gasteiger charge is -2.22. The van der Waals surface area contributed by atoms with Crippen LogP contribution in [0.15, 0.2) is 6.07 Å². The van der Waals surface area contributed by atoms with Crippen LogP contribution in [0.2, 0.25) is 0 Å². The first-order chi connectivity index (χ1) is 11.8. The number of aromatic nitrogens is 2. The highest BCUT2D eigenvalue weighted by atomic mass is 15.3. The molecule has 0 atom stereocenters. The van der Waals surface area contributed by atoms with E-state index < -0.39 is 0 Å². The minimum Gasteiger partial charge on any atom is -0.369 e. The summed E-state index contributed by atoms with van der Waals surface area (Å²) in [5, 5.41) is 3.47. The highest BCUT2D eigenvalue weighted by Crippen LogP contribution is 2.25. The molecule has 3 rings (SSSR count). The summed E-state index contributed by atoms with van der Waals surface area (Å²) in [6.45, 7) is 7.80. The number of hydrogen-bond donors (Lipinski definition) is 2. The molecule has 0 radical (unpaired) electrons. The number of anilines is 3. The maximum Gasteiger partial charge on any atom is 0.229 e. The monoisotopic (exact) mass is 333 g/mol. The zero-order chi connectivity index (χ0) is 16.8. The molecule has 2 saturated heterocycles. The van der Waals surface area contributed by atoms with Crippen LogP contribution in [0.25, 0.3) is 0 Å². The van der Waals surface area contributed by atoms with Crippen molar-refractivity contribution in [3.8, 4) is 0 Å². The molecule has 0 spiro atoms. The van der Waals surface area contributed by atoms with Gasteiger partial charge in [-0.05, 0) is 32.7 Å². The van der Waals surface area contributed by atoms with Gasteiger partial charge in [-0.2, -0.15) is 9.97 Å². The summed E-state index contributed by atoms with van der Waals surface area (Å²) < 4.78 is 0. The molecule has 2 aliphatic heterocycles. The Morgan fingerprint density at radius 3 is 2.38 bits per heavy atom. The van der Waals surface area contributed by atoms with Gasteiger partial charge in [-0.3, -0.25) is 0 Å². The number of rotatable bonds is 8. The summed E-state index contributed by atoms with van der Waals surface area (Å²) in [5.74, 6) is 2.90. The van der Waals surface area contributed by atoms with E-state index in [0.717, 1.165) is 63.4 Å². The Hall–Kier alpha value is -1.60. The van der Waals surface area contributed by atoms with Gasteiger partial charge in [0.1, 0.15) is 11.6 Å². The van der Waals surface area contributed by atoms with Gasteiger partial charge in [0.25, 0.3) is 0 Å². The van der Waals surface area contributed by atoms with Crippen LogP contribution in [0.3, 0.4) is 0 Å². The molecule has 0 unspecified atom stereocenters. The van der Waals surface area contributed by atoms with Gasteiger partial charge in [0.15, 0.2) is 0 Å². The van der Waals surface area contributed by atoms with E-state index in [9.17, 15) is 0 Å².